The van der Waals surface area contributed by atoms with Crippen LogP contribution in [0.3, 0.4) is 0 Å². The molecule has 4 unspecified atom stereocenters. The van der Waals surface area contributed by atoms with E-state index in [0.717, 1.165) is 36.9 Å². The SMILES string of the molecule is CC(Cc1cccc(F)c1)N1CC2CNCC2C1C. The number of nitrogens with zero attached hydrogens (tertiary/aromatic N) is 1. The van der Waals surface area contributed by atoms with Gasteiger partial charge in [0.1, 0.15) is 5.82 Å². The predicted molar refractivity (Wildman–Crippen MR) is 75.6 cm³/mol. The van der Waals surface area contributed by atoms with Crippen LogP contribution < -0.4 is 5.32 Å². The number of hydrogen-bond acceptors (Lipinski definition) is 2. The zero-order valence-corrected chi connectivity index (χ0v) is 11.8. The first-order valence-corrected chi connectivity index (χ1v) is 7.36. The van der Waals surface area contributed by atoms with Gasteiger partial charge in [-0.05, 0) is 62.9 Å². The first-order chi connectivity index (χ1) is 9.15. The molecule has 2 fully saturated rings. The smallest absolute Gasteiger partial charge is 0.123 e. The zero-order valence-electron chi connectivity index (χ0n) is 11.8. The van der Waals surface area contributed by atoms with Crippen molar-refractivity contribution in [2.75, 3.05) is 19.6 Å². The van der Waals surface area contributed by atoms with Crippen LogP contribution in [0.1, 0.15) is 19.4 Å². The number of halogens is 1. The van der Waals surface area contributed by atoms with E-state index in [1.165, 1.54) is 12.6 Å². The van der Waals surface area contributed by atoms with Crippen LogP contribution in [-0.4, -0.2) is 36.6 Å². The molecule has 0 amide bonds. The van der Waals surface area contributed by atoms with Crippen molar-refractivity contribution in [1.82, 2.24) is 10.2 Å². The summed E-state index contributed by atoms with van der Waals surface area (Å²) in [5, 5.41) is 3.50. The highest BCUT2D eigenvalue weighted by molar-refractivity contribution is 5.17. The molecule has 0 saturated carbocycles. The number of hydrogen-bond donors (Lipinski definition) is 1. The Bertz CT molecular complexity index is 448. The Morgan fingerprint density at radius 3 is 3.00 bits per heavy atom. The van der Waals surface area contributed by atoms with Crippen molar-refractivity contribution in [3.05, 3.63) is 35.6 Å². The average molecular weight is 262 g/mol. The summed E-state index contributed by atoms with van der Waals surface area (Å²) in [4.78, 5) is 2.61. The molecule has 2 aliphatic rings. The van der Waals surface area contributed by atoms with E-state index in [0.29, 0.717) is 12.1 Å². The van der Waals surface area contributed by atoms with Crippen molar-refractivity contribution in [1.29, 1.82) is 0 Å². The summed E-state index contributed by atoms with van der Waals surface area (Å²) in [5.41, 5.74) is 1.11. The van der Waals surface area contributed by atoms with E-state index in [4.69, 9.17) is 0 Å². The fourth-order valence-corrected chi connectivity index (χ4v) is 3.90. The van der Waals surface area contributed by atoms with Crippen molar-refractivity contribution in [3.8, 4) is 0 Å². The minimum atomic E-state index is -0.125. The van der Waals surface area contributed by atoms with E-state index in [9.17, 15) is 4.39 Å². The summed E-state index contributed by atoms with van der Waals surface area (Å²) in [6, 6.07) is 8.15. The third-order valence-electron chi connectivity index (χ3n) is 4.97. The van der Waals surface area contributed by atoms with Crippen molar-refractivity contribution < 1.29 is 4.39 Å². The molecule has 0 radical (unpaired) electrons. The molecule has 0 bridgehead atoms. The first kappa shape index (κ1) is 13.1. The van der Waals surface area contributed by atoms with Gasteiger partial charge in [-0.2, -0.15) is 0 Å². The van der Waals surface area contributed by atoms with E-state index in [-0.39, 0.29) is 5.82 Å². The van der Waals surface area contributed by atoms with Gasteiger partial charge in [0.25, 0.3) is 0 Å². The van der Waals surface area contributed by atoms with Gasteiger partial charge in [0, 0.05) is 18.6 Å². The maximum Gasteiger partial charge on any atom is 0.123 e. The highest BCUT2D eigenvalue weighted by Crippen LogP contribution is 2.34. The maximum atomic E-state index is 13.2. The van der Waals surface area contributed by atoms with Gasteiger partial charge in [-0.25, -0.2) is 4.39 Å². The molecular weight excluding hydrogens is 239 g/mol. The Morgan fingerprint density at radius 1 is 1.42 bits per heavy atom. The highest BCUT2D eigenvalue weighted by Gasteiger charge is 2.43. The van der Waals surface area contributed by atoms with E-state index < -0.39 is 0 Å². The number of rotatable bonds is 3. The van der Waals surface area contributed by atoms with Crippen LogP contribution in [0.4, 0.5) is 4.39 Å². The van der Waals surface area contributed by atoms with Crippen molar-refractivity contribution >= 4 is 0 Å². The molecular formula is C16H23FN2. The van der Waals surface area contributed by atoms with Gasteiger partial charge in [-0.3, -0.25) is 4.90 Å². The van der Waals surface area contributed by atoms with Crippen LogP contribution >= 0.6 is 0 Å². The summed E-state index contributed by atoms with van der Waals surface area (Å²) >= 11 is 0. The Kier molecular flexibility index (Phi) is 3.59. The second kappa shape index (κ2) is 5.22. The summed E-state index contributed by atoms with van der Waals surface area (Å²) in [7, 11) is 0. The summed E-state index contributed by atoms with van der Waals surface area (Å²) in [6.07, 6.45) is 0.939. The molecule has 2 nitrogen and oxygen atoms in total. The minimum Gasteiger partial charge on any atom is -0.316 e. The zero-order chi connectivity index (χ0) is 13.4. The highest BCUT2D eigenvalue weighted by atomic mass is 19.1. The fraction of sp³-hybridized carbons (Fsp3) is 0.625. The molecule has 1 aromatic carbocycles. The molecule has 2 aliphatic heterocycles. The standard InChI is InChI=1S/C16H23FN2/c1-11(6-13-4-3-5-15(17)7-13)19-10-14-8-18-9-16(14)12(19)2/h3-5,7,11-12,14,16,18H,6,8-10H2,1-2H3. The van der Waals surface area contributed by atoms with Crippen LogP contribution in [0.5, 0.6) is 0 Å². The third kappa shape index (κ3) is 2.54. The molecule has 19 heavy (non-hydrogen) atoms. The molecule has 0 aromatic heterocycles. The van der Waals surface area contributed by atoms with Gasteiger partial charge >= 0.3 is 0 Å². The largest absolute Gasteiger partial charge is 0.316 e. The van der Waals surface area contributed by atoms with Crippen LogP contribution in [0.2, 0.25) is 0 Å². The van der Waals surface area contributed by atoms with Gasteiger partial charge in [0.15, 0.2) is 0 Å². The molecule has 3 heteroatoms. The molecule has 104 valence electrons. The Hall–Kier alpha value is -0.930. The molecule has 2 heterocycles. The maximum absolute atomic E-state index is 13.2. The Morgan fingerprint density at radius 2 is 2.26 bits per heavy atom. The van der Waals surface area contributed by atoms with Crippen LogP contribution in [0.25, 0.3) is 0 Å². The average Bonchev–Trinajstić information content (AvgIpc) is 2.93. The lowest BCUT2D eigenvalue weighted by Crippen LogP contribution is -2.40. The molecule has 3 rings (SSSR count). The first-order valence-electron chi connectivity index (χ1n) is 7.36. The Balaban J connectivity index is 1.66. The van der Waals surface area contributed by atoms with Gasteiger partial charge < -0.3 is 5.32 Å². The third-order valence-corrected chi connectivity index (χ3v) is 4.97. The number of likely N-dealkylation sites (tertiary alicyclic amines) is 1. The van der Waals surface area contributed by atoms with Crippen LogP contribution in [0, 0.1) is 17.7 Å². The molecule has 0 spiro atoms. The topological polar surface area (TPSA) is 15.3 Å². The van der Waals surface area contributed by atoms with Crippen LogP contribution in [-0.2, 0) is 6.42 Å². The molecule has 0 aliphatic carbocycles. The second-order valence-corrected chi connectivity index (χ2v) is 6.20. The lowest BCUT2D eigenvalue weighted by molar-refractivity contribution is 0.180. The fourth-order valence-electron chi connectivity index (χ4n) is 3.90. The van der Waals surface area contributed by atoms with E-state index in [1.807, 2.05) is 12.1 Å². The normalized spacial score (nSPS) is 32.5. The van der Waals surface area contributed by atoms with Crippen molar-refractivity contribution in [2.24, 2.45) is 11.8 Å². The molecule has 2 saturated heterocycles. The summed E-state index contributed by atoms with van der Waals surface area (Å²) in [5.74, 6) is 1.49. The molecule has 1 N–H and O–H groups in total. The van der Waals surface area contributed by atoms with E-state index >= 15 is 0 Å². The minimum absolute atomic E-state index is 0.125. The molecule has 4 atom stereocenters. The van der Waals surface area contributed by atoms with Gasteiger partial charge in [0.05, 0.1) is 0 Å². The number of benzene rings is 1. The lowest BCUT2D eigenvalue weighted by atomic mass is 9.95. The monoisotopic (exact) mass is 262 g/mol. The Labute approximate surface area is 115 Å². The lowest BCUT2D eigenvalue weighted by Gasteiger charge is -2.30. The van der Waals surface area contributed by atoms with Gasteiger partial charge in [-0.15, -0.1) is 0 Å². The number of fused-ring (bicyclic) bond motifs is 1. The number of nitrogens with one attached hydrogen (secondary N) is 1. The van der Waals surface area contributed by atoms with Crippen molar-refractivity contribution in [3.63, 3.8) is 0 Å². The second-order valence-electron chi connectivity index (χ2n) is 6.20. The summed E-state index contributed by atoms with van der Waals surface area (Å²) in [6.45, 7) is 8.14. The molecule has 1 aromatic rings. The van der Waals surface area contributed by atoms with E-state index in [2.05, 4.69) is 24.1 Å². The quantitative estimate of drug-likeness (QED) is 0.899. The van der Waals surface area contributed by atoms with Crippen LogP contribution in [0.15, 0.2) is 24.3 Å². The van der Waals surface area contributed by atoms with Crippen molar-refractivity contribution in [2.45, 2.75) is 32.4 Å². The van der Waals surface area contributed by atoms with Gasteiger partial charge in [-0.1, -0.05) is 12.1 Å². The van der Waals surface area contributed by atoms with Gasteiger partial charge in [0.2, 0.25) is 0 Å². The van der Waals surface area contributed by atoms with E-state index in [1.54, 1.807) is 6.07 Å². The predicted octanol–water partition coefficient (Wildman–Crippen LogP) is 2.30. The summed E-state index contributed by atoms with van der Waals surface area (Å²) < 4.78 is 13.2.